The van der Waals surface area contributed by atoms with Crippen molar-refractivity contribution in [3.63, 3.8) is 0 Å². The standard InChI is InChI=1S/C11H13O/c1-3-6-10-7-5-8-11(9-10)12-4-2/h3,5,8-9H,1,4,6H2,2H3. The maximum atomic E-state index is 5.34. The molecule has 0 aromatic heterocycles. The number of rotatable bonds is 4. The second-order valence-corrected chi connectivity index (χ2v) is 2.48. The van der Waals surface area contributed by atoms with E-state index >= 15 is 0 Å². The van der Waals surface area contributed by atoms with Crippen molar-refractivity contribution >= 4 is 0 Å². The first kappa shape index (κ1) is 8.85. The Kier molecular flexibility index (Phi) is 3.39. The van der Waals surface area contributed by atoms with E-state index in [2.05, 4.69) is 12.6 Å². The second kappa shape index (κ2) is 4.60. The number of hydrogen-bond donors (Lipinski definition) is 0. The van der Waals surface area contributed by atoms with E-state index < -0.39 is 0 Å². The third kappa shape index (κ3) is 2.42. The van der Waals surface area contributed by atoms with Crippen LogP contribution in [0.5, 0.6) is 5.75 Å². The van der Waals surface area contributed by atoms with Crippen molar-refractivity contribution in [2.75, 3.05) is 6.61 Å². The molecule has 1 heteroatoms. The molecule has 1 rings (SSSR count). The van der Waals surface area contributed by atoms with Crippen LogP contribution in [0.3, 0.4) is 0 Å². The predicted molar refractivity (Wildman–Crippen MR) is 50.3 cm³/mol. The van der Waals surface area contributed by atoms with Gasteiger partial charge >= 0.3 is 0 Å². The highest BCUT2D eigenvalue weighted by Crippen LogP contribution is 2.12. The Balaban J connectivity index is 2.73. The van der Waals surface area contributed by atoms with Crippen molar-refractivity contribution in [1.29, 1.82) is 0 Å². The zero-order valence-corrected chi connectivity index (χ0v) is 7.34. The molecule has 0 aliphatic heterocycles. The molecule has 0 bridgehead atoms. The summed E-state index contributed by atoms with van der Waals surface area (Å²) in [4.78, 5) is 0. The first-order valence-corrected chi connectivity index (χ1v) is 4.11. The van der Waals surface area contributed by atoms with Crippen LogP contribution in [0.15, 0.2) is 30.9 Å². The van der Waals surface area contributed by atoms with E-state index in [1.807, 2.05) is 31.2 Å². The zero-order valence-electron chi connectivity index (χ0n) is 7.34. The maximum Gasteiger partial charge on any atom is 0.119 e. The van der Waals surface area contributed by atoms with Gasteiger partial charge in [-0.15, -0.1) is 6.58 Å². The molecule has 0 aliphatic carbocycles. The lowest BCUT2D eigenvalue weighted by atomic mass is 10.1. The van der Waals surface area contributed by atoms with Crippen LogP contribution < -0.4 is 4.74 Å². The van der Waals surface area contributed by atoms with Crippen molar-refractivity contribution in [1.82, 2.24) is 0 Å². The summed E-state index contributed by atoms with van der Waals surface area (Å²) in [5.74, 6) is 0.910. The minimum atomic E-state index is 0.706. The van der Waals surface area contributed by atoms with Crippen LogP contribution in [0.1, 0.15) is 12.5 Å². The molecule has 1 aromatic carbocycles. The Labute approximate surface area is 73.7 Å². The Morgan fingerprint density at radius 3 is 3.17 bits per heavy atom. The van der Waals surface area contributed by atoms with Crippen LogP contribution in [0, 0.1) is 6.07 Å². The summed E-state index contributed by atoms with van der Waals surface area (Å²) >= 11 is 0. The van der Waals surface area contributed by atoms with E-state index in [0.717, 1.165) is 17.7 Å². The summed E-state index contributed by atoms with van der Waals surface area (Å²) in [6, 6.07) is 8.90. The van der Waals surface area contributed by atoms with Crippen molar-refractivity contribution in [3.05, 3.63) is 42.5 Å². The first-order chi connectivity index (χ1) is 5.86. The highest BCUT2D eigenvalue weighted by molar-refractivity contribution is 5.28. The summed E-state index contributed by atoms with van der Waals surface area (Å²) < 4.78 is 5.34. The summed E-state index contributed by atoms with van der Waals surface area (Å²) in [7, 11) is 0. The highest BCUT2D eigenvalue weighted by atomic mass is 16.5. The molecular weight excluding hydrogens is 148 g/mol. The monoisotopic (exact) mass is 161 g/mol. The lowest BCUT2D eigenvalue weighted by Crippen LogP contribution is -1.92. The molecule has 63 valence electrons. The normalized spacial score (nSPS) is 9.42. The molecule has 0 N–H and O–H groups in total. The molecule has 12 heavy (non-hydrogen) atoms. The number of allylic oxidation sites excluding steroid dienone is 1. The van der Waals surface area contributed by atoms with Crippen LogP contribution in [-0.4, -0.2) is 6.61 Å². The third-order valence-corrected chi connectivity index (χ3v) is 1.51. The zero-order chi connectivity index (χ0) is 8.81. The quantitative estimate of drug-likeness (QED) is 0.617. The number of hydrogen-bond acceptors (Lipinski definition) is 1. The van der Waals surface area contributed by atoms with Gasteiger partial charge in [0.05, 0.1) is 6.61 Å². The Morgan fingerprint density at radius 1 is 1.67 bits per heavy atom. The average Bonchev–Trinajstić information content (AvgIpc) is 2.06. The van der Waals surface area contributed by atoms with Gasteiger partial charge in [-0.1, -0.05) is 12.1 Å². The largest absolute Gasteiger partial charge is 0.494 e. The summed E-state index contributed by atoms with van der Waals surface area (Å²) in [5.41, 5.74) is 1.12. The molecule has 0 unspecified atom stereocenters. The van der Waals surface area contributed by atoms with Gasteiger partial charge in [-0.3, -0.25) is 0 Å². The van der Waals surface area contributed by atoms with E-state index in [1.165, 1.54) is 0 Å². The predicted octanol–water partition coefficient (Wildman–Crippen LogP) is 2.61. The van der Waals surface area contributed by atoms with Gasteiger partial charge in [0.25, 0.3) is 0 Å². The summed E-state index contributed by atoms with van der Waals surface area (Å²) in [5, 5.41) is 0. The minimum absolute atomic E-state index is 0.706. The van der Waals surface area contributed by atoms with Crippen molar-refractivity contribution in [2.45, 2.75) is 13.3 Å². The second-order valence-electron chi connectivity index (χ2n) is 2.48. The van der Waals surface area contributed by atoms with E-state index in [0.29, 0.717) is 6.61 Å². The molecule has 0 saturated heterocycles. The Morgan fingerprint density at radius 2 is 2.50 bits per heavy atom. The minimum Gasteiger partial charge on any atom is -0.494 e. The molecule has 0 heterocycles. The first-order valence-electron chi connectivity index (χ1n) is 4.11. The Bertz CT molecular complexity index is 253. The van der Waals surface area contributed by atoms with Gasteiger partial charge in [0, 0.05) is 0 Å². The fraction of sp³-hybridized carbons (Fsp3) is 0.273. The van der Waals surface area contributed by atoms with Gasteiger partial charge in [0.1, 0.15) is 5.75 Å². The molecule has 0 spiro atoms. The Hall–Kier alpha value is -1.24. The fourth-order valence-corrected chi connectivity index (χ4v) is 1.02. The third-order valence-electron chi connectivity index (χ3n) is 1.51. The van der Waals surface area contributed by atoms with Crippen LogP contribution in [0.2, 0.25) is 0 Å². The summed E-state index contributed by atoms with van der Waals surface area (Å²) in [6.45, 7) is 6.35. The maximum absolute atomic E-state index is 5.34. The van der Waals surface area contributed by atoms with Gasteiger partial charge in [0.2, 0.25) is 0 Å². The highest BCUT2D eigenvalue weighted by Gasteiger charge is 1.93. The molecule has 1 aromatic rings. The SMILES string of the molecule is C=CCc1[c]ccc(OCC)c1. The molecule has 0 amide bonds. The topological polar surface area (TPSA) is 9.23 Å². The van der Waals surface area contributed by atoms with Gasteiger partial charge in [0.15, 0.2) is 0 Å². The van der Waals surface area contributed by atoms with Crippen LogP contribution in [0.4, 0.5) is 0 Å². The molecular formula is C11H13O. The van der Waals surface area contributed by atoms with Crippen LogP contribution in [-0.2, 0) is 6.42 Å². The van der Waals surface area contributed by atoms with E-state index in [1.54, 1.807) is 0 Å². The molecule has 0 fully saturated rings. The van der Waals surface area contributed by atoms with Gasteiger partial charge in [-0.05, 0) is 37.1 Å². The van der Waals surface area contributed by atoms with Gasteiger partial charge in [-0.2, -0.15) is 0 Å². The van der Waals surface area contributed by atoms with E-state index in [-0.39, 0.29) is 0 Å². The molecule has 0 atom stereocenters. The number of benzene rings is 1. The molecule has 1 radical (unpaired) electrons. The van der Waals surface area contributed by atoms with Gasteiger partial charge < -0.3 is 4.74 Å². The lowest BCUT2D eigenvalue weighted by molar-refractivity contribution is 0.340. The van der Waals surface area contributed by atoms with Crippen LogP contribution >= 0.6 is 0 Å². The molecule has 1 nitrogen and oxygen atoms in total. The van der Waals surface area contributed by atoms with Crippen molar-refractivity contribution in [2.24, 2.45) is 0 Å². The van der Waals surface area contributed by atoms with Gasteiger partial charge in [-0.25, -0.2) is 0 Å². The lowest BCUT2D eigenvalue weighted by Gasteiger charge is -2.03. The van der Waals surface area contributed by atoms with Crippen molar-refractivity contribution < 1.29 is 4.74 Å². The van der Waals surface area contributed by atoms with Crippen molar-refractivity contribution in [3.8, 4) is 5.75 Å². The fourth-order valence-electron chi connectivity index (χ4n) is 1.02. The van der Waals surface area contributed by atoms with E-state index in [4.69, 9.17) is 4.74 Å². The number of ether oxygens (including phenoxy) is 1. The molecule has 0 saturated carbocycles. The molecule has 0 aliphatic rings. The smallest absolute Gasteiger partial charge is 0.119 e. The van der Waals surface area contributed by atoms with Crippen LogP contribution in [0.25, 0.3) is 0 Å². The average molecular weight is 161 g/mol. The van der Waals surface area contributed by atoms with E-state index in [9.17, 15) is 0 Å². The summed E-state index contributed by atoms with van der Waals surface area (Å²) in [6.07, 6.45) is 2.71.